The van der Waals surface area contributed by atoms with Crippen LogP contribution in [0.25, 0.3) is 0 Å². The van der Waals surface area contributed by atoms with E-state index < -0.39 is 0 Å². The molecule has 0 aliphatic rings. The van der Waals surface area contributed by atoms with Crippen molar-refractivity contribution in [2.75, 3.05) is 13.2 Å². The van der Waals surface area contributed by atoms with Crippen molar-refractivity contribution in [1.29, 1.82) is 0 Å². The second-order valence-electron chi connectivity index (χ2n) is 4.61. The molecule has 0 amide bonds. The topological polar surface area (TPSA) is 59.3 Å². The Hall–Kier alpha value is -2.01. The largest absolute Gasteiger partial charge is 0.504 e. The number of benzene rings is 1. The molecule has 20 heavy (non-hydrogen) atoms. The number of rotatable bonds is 7. The van der Waals surface area contributed by atoms with E-state index in [4.69, 9.17) is 4.74 Å². The number of aromatic nitrogens is 2. The first-order valence-corrected chi connectivity index (χ1v) is 6.83. The summed E-state index contributed by atoms with van der Waals surface area (Å²) < 4.78 is 7.25. The zero-order valence-electron chi connectivity index (χ0n) is 12.0. The highest BCUT2D eigenvalue weighted by Crippen LogP contribution is 2.26. The molecule has 0 aliphatic carbocycles. The first-order valence-electron chi connectivity index (χ1n) is 6.83. The molecule has 0 saturated carbocycles. The Labute approximate surface area is 119 Å². The molecule has 2 N–H and O–H groups in total. The van der Waals surface area contributed by atoms with Crippen molar-refractivity contribution in [2.45, 2.75) is 19.9 Å². The van der Waals surface area contributed by atoms with E-state index in [1.165, 1.54) is 5.69 Å². The standard InChI is InChI=1S/C15H21N3O2/c1-3-20-15-10-12(4-5-14(15)19)11-16-8-6-13-7-9-17-18(13)2/h4-5,7,9-10,16,19H,3,6,8,11H2,1-2H3. The molecule has 0 fully saturated rings. The van der Waals surface area contributed by atoms with E-state index in [-0.39, 0.29) is 5.75 Å². The Kier molecular flexibility index (Phi) is 5.01. The maximum atomic E-state index is 9.64. The molecular weight excluding hydrogens is 254 g/mol. The van der Waals surface area contributed by atoms with E-state index in [1.54, 1.807) is 6.07 Å². The first-order chi connectivity index (χ1) is 9.70. The van der Waals surface area contributed by atoms with Gasteiger partial charge in [0.2, 0.25) is 0 Å². The van der Waals surface area contributed by atoms with E-state index in [0.29, 0.717) is 12.4 Å². The monoisotopic (exact) mass is 275 g/mol. The molecule has 5 nitrogen and oxygen atoms in total. The molecule has 0 atom stereocenters. The summed E-state index contributed by atoms with van der Waals surface area (Å²) in [7, 11) is 1.95. The number of hydrogen-bond acceptors (Lipinski definition) is 4. The van der Waals surface area contributed by atoms with Crippen molar-refractivity contribution in [1.82, 2.24) is 15.1 Å². The molecule has 0 spiro atoms. The number of nitrogens with one attached hydrogen (secondary N) is 1. The van der Waals surface area contributed by atoms with Crippen molar-refractivity contribution in [3.8, 4) is 11.5 Å². The van der Waals surface area contributed by atoms with Crippen LogP contribution >= 0.6 is 0 Å². The molecule has 0 saturated heterocycles. The second kappa shape index (κ2) is 6.96. The number of aryl methyl sites for hydroxylation is 1. The van der Waals surface area contributed by atoms with E-state index in [2.05, 4.69) is 10.4 Å². The average Bonchev–Trinajstić information content (AvgIpc) is 2.84. The lowest BCUT2D eigenvalue weighted by Gasteiger charge is -2.09. The van der Waals surface area contributed by atoms with Crippen molar-refractivity contribution in [2.24, 2.45) is 7.05 Å². The van der Waals surface area contributed by atoms with Crippen LogP contribution < -0.4 is 10.1 Å². The van der Waals surface area contributed by atoms with Crippen molar-refractivity contribution in [3.05, 3.63) is 41.7 Å². The maximum Gasteiger partial charge on any atom is 0.161 e. The molecule has 1 aromatic heterocycles. The third kappa shape index (κ3) is 3.74. The third-order valence-electron chi connectivity index (χ3n) is 3.13. The maximum absolute atomic E-state index is 9.64. The van der Waals surface area contributed by atoms with Crippen LogP contribution in [-0.4, -0.2) is 28.0 Å². The van der Waals surface area contributed by atoms with Crippen LogP contribution in [0.3, 0.4) is 0 Å². The SMILES string of the molecule is CCOc1cc(CNCCc2ccnn2C)ccc1O. The van der Waals surface area contributed by atoms with Crippen LogP contribution in [0.15, 0.2) is 30.5 Å². The van der Waals surface area contributed by atoms with Crippen LogP contribution in [0.2, 0.25) is 0 Å². The summed E-state index contributed by atoms with van der Waals surface area (Å²) >= 11 is 0. The van der Waals surface area contributed by atoms with Crippen LogP contribution in [-0.2, 0) is 20.0 Å². The molecule has 5 heteroatoms. The van der Waals surface area contributed by atoms with Crippen LogP contribution in [0.4, 0.5) is 0 Å². The highest BCUT2D eigenvalue weighted by molar-refractivity contribution is 5.41. The van der Waals surface area contributed by atoms with Gasteiger partial charge in [0.05, 0.1) is 6.61 Å². The van der Waals surface area contributed by atoms with E-state index in [1.807, 2.05) is 43.0 Å². The Morgan fingerprint density at radius 1 is 1.35 bits per heavy atom. The summed E-state index contributed by atoms with van der Waals surface area (Å²) in [5.41, 5.74) is 2.30. The molecule has 1 aromatic carbocycles. The first kappa shape index (κ1) is 14.4. The van der Waals surface area contributed by atoms with Crippen molar-refractivity contribution in [3.63, 3.8) is 0 Å². The fourth-order valence-electron chi connectivity index (χ4n) is 2.04. The summed E-state index contributed by atoms with van der Waals surface area (Å²) in [6.07, 6.45) is 2.75. The number of ether oxygens (including phenoxy) is 1. The lowest BCUT2D eigenvalue weighted by atomic mass is 10.2. The molecule has 0 radical (unpaired) electrons. The third-order valence-corrected chi connectivity index (χ3v) is 3.13. The van der Waals surface area contributed by atoms with Crippen molar-refractivity contribution < 1.29 is 9.84 Å². The van der Waals surface area contributed by atoms with Gasteiger partial charge in [0, 0.05) is 38.4 Å². The Morgan fingerprint density at radius 2 is 2.20 bits per heavy atom. The van der Waals surface area contributed by atoms with Gasteiger partial charge in [0.25, 0.3) is 0 Å². The summed E-state index contributed by atoms with van der Waals surface area (Å²) in [4.78, 5) is 0. The molecule has 0 aliphatic heterocycles. The number of nitrogens with zero attached hydrogens (tertiary/aromatic N) is 2. The fourth-order valence-corrected chi connectivity index (χ4v) is 2.04. The Morgan fingerprint density at radius 3 is 2.90 bits per heavy atom. The van der Waals surface area contributed by atoms with Crippen LogP contribution in [0.1, 0.15) is 18.2 Å². The summed E-state index contributed by atoms with van der Waals surface area (Å²) in [5, 5.41) is 17.2. The highest BCUT2D eigenvalue weighted by atomic mass is 16.5. The van der Waals surface area contributed by atoms with Gasteiger partial charge in [-0.2, -0.15) is 5.10 Å². The van der Waals surface area contributed by atoms with E-state index >= 15 is 0 Å². The highest BCUT2D eigenvalue weighted by Gasteiger charge is 2.03. The Balaban J connectivity index is 1.82. The number of phenolic OH excluding ortho intramolecular Hbond substituents is 1. The lowest BCUT2D eigenvalue weighted by molar-refractivity contribution is 0.317. The molecule has 108 valence electrons. The van der Waals surface area contributed by atoms with Gasteiger partial charge in [0.15, 0.2) is 11.5 Å². The molecule has 1 heterocycles. The van der Waals surface area contributed by atoms with Crippen LogP contribution in [0, 0.1) is 0 Å². The van der Waals surface area contributed by atoms with Gasteiger partial charge in [-0.25, -0.2) is 0 Å². The van der Waals surface area contributed by atoms with Gasteiger partial charge in [-0.1, -0.05) is 6.07 Å². The minimum absolute atomic E-state index is 0.186. The van der Waals surface area contributed by atoms with Gasteiger partial charge in [-0.05, 0) is 30.7 Å². The van der Waals surface area contributed by atoms with Gasteiger partial charge in [-0.3, -0.25) is 4.68 Å². The summed E-state index contributed by atoms with van der Waals surface area (Å²) in [6.45, 7) is 4.08. The van der Waals surface area contributed by atoms with Gasteiger partial charge in [-0.15, -0.1) is 0 Å². The quantitative estimate of drug-likeness (QED) is 0.757. The smallest absolute Gasteiger partial charge is 0.161 e. The zero-order valence-corrected chi connectivity index (χ0v) is 12.0. The molecule has 2 rings (SSSR count). The minimum Gasteiger partial charge on any atom is -0.504 e. The molecular formula is C15H21N3O2. The predicted octanol–water partition coefficient (Wildman–Crippen LogP) is 1.86. The lowest BCUT2D eigenvalue weighted by Crippen LogP contribution is -2.17. The number of aromatic hydroxyl groups is 1. The van der Waals surface area contributed by atoms with Crippen LogP contribution in [0.5, 0.6) is 11.5 Å². The molecule has 2 aromatic rings. The summed E-state index contributed by atoms with van der Waals surface area (Å²) in [5.74, 6) is 0.726. The number of phenols is 1. The van der Waals surface area contributed by atoms with Gasteiger partial charge >= 0.3 is 0 Å². The van der Waals surface area contributed by atoms with Gasteiger partial charge < -0.3 is 15.2 Å². The minimum atomic E-state index is 0.186. The van der Waals surface area contributed by atoms with Crippen molar-refractivity contribution >= 4 is 0 Å². The fraction of sp³-hybridized carbons (Fsp3) is 0.400. The normalized spacial score (nSPS) is 10.7. The zero-order chi connectivity index (χ0) is 14.4. The molecule has 0 unspecified atom stereocenters. The van der Waals surface area contributed by atoms with E-state index in [9.17, 15) is 5.11 Å². The summed E-state index contributed by atoms with van der Waals surface area (Å²) in [6, 6.07) is 7.46. The second-order valence-corrected chi connectivity index (χ2v) is 4.61. The average molecular weight is 275 g/mol. The molecule has 0 bridgehead atoms. The number of hydrogen-bond donors (Lipinski definition) is 2. The van der Waals surface area contributed by atoms with Gasteiger partial charge in [0.1, 0.15) is 0 Å². The van der Waals surface area contributed by atoms with E-state index in [0.717, 1.165) is 25.1 Å². The Bertz CT molecular complexity index is 552. The predicted molar refractivity (Wildman–Crippen MR) is 77.9 cm³/mol.